The zero-order valence-corrected chi connectivity index (χ0v) is 12.4. The Hall–Kier alpha value is 0.122. The SMILES string of the molecule is CB(O)N[C@@H](CO)CO[Si](C)(C)C(C)(C)C. The van der Waals surface area contributed by atoms with E-state index in [1.807, 2.05) is 0 Å². The highest BCUT2D eigenvalue weighted by atomic mass is 28.4. The molecule has 0 spiro atoms. The van der Waals surface area contributed by atoms with Crippen molar-refractivity contribution in [1.29, 1.82) is 0 Å². The Morgan fingerprint density at radius 2 is 1.88 bits per heavy atom. The van der Waals surface area contributed by atoms with Gasteiger partial charge in [-0.3, -0.25) is 0 Å². The minimum absolute atomic E-state index is 0.0283. The minimum atomic E-state index is -1.77. The molecule has 0 aliphatic carbocycles. The lowest BCUT2D eigenvalue weighted by Crippen LogP contribution is -2.49. The van der Waals surface area contributed by atoms with Gasteiger partial charge in [-0.25, -0.2) is 0 Å². The molecule has 0 amide bonds. The molecular weight excluding hydrogens is 221 g/mol. The van der Waals surface area contributed by atoms with Gasteiger partial charge in [-0.05, 0) is 25.0 Å². The summed E-state index contributed by atoms with van der Waals surface area (Å²) in [7, 11) is -2.39. The topological polar surface area (TPSA) is 61.7 Å². The average molecular weight is 247 g/mol. The van der Waals surface area contributed by atoms with Gasteiger partial charge in [0.1, 0.15) is 0 Å². The van der Waals surface area contributed by atoms with Crippen molar-refractivity contribution in [3.63, 3.8) is 0 Å². The lowest BCUT2D eigenvalue weighted by atomic mass is 9.87. The van der Waals surface area contributed by atoms with Crippen LogP contribution in [0.25, 0.3) is 0 Å². The molecule has 0 aliphatic heterocycles. The molecule has 0 bridgehead atoms. The van der Waals surface area contributed by atoms with Gasteiger partial charge in [-0.2, -0.15) is 0 Å². The second-order valence-electron chi connectivity index (χ2n) is 5.79. The van der Waals surface area contributed by atoms with E-state index in [4.69, 9.17) is 9.53 Å². The maximum absolute atomic E-state index is 9.18. The van der Waals surface area contributed by atoms with Crippen molar-refractivity contribution in [2.45, 2.75) is 51.8 Å². The molecule has 3 N–H and O–H groups in total. The van der Waals surface area contributed by atoms with Gasteiger partial charge < -0.3 is 19.8 Å². The molecule has 0 aromatic carbocycles. The summed E-state index contributed by atoms with van der Waals surface area (Å²) in [6.07, 6.45) is 0. The fraction of sp³-hybridized carbons (Fsp3) is 1.00. The number of aliphatic hydroxyl groups excluding tert-OH is 1. The fourth-order valence-electron chi connectivity index (χ4n) is 1.02. The summed E-state index contributed by atoms with van der Waals surface area (Å²) in [4.78, 5) is 0. The normalized spacial score (nSPS) is 15.0. The molecule has 96 valence electrons. The molecule has 16 heavy (non-hydrogen) atoms. The van der Waals surface area contributed by atoms with E-state index in [0.717, 1.165) is 0 Å². The van der Waals surface area contributed by atoms with Crippen LogP contribution in [0, 0.1) is 0 Å². The molecule has 4 nitrogen and oxygen atoms in total. The fourth-order valence-corrected chi connectivity index (χ4v) is 2.07. The van der Waals surface area contributed by atoms with Crippen molar-refractivity contribution >= 4 is 15.4 Å². The van der Waals surface area contributed by atoms with Crippen LogP contribution in [0.3, 0.4) is 0 Å². The van der Waals surface area contributed by atoms with Crippen LogP contribution in [0.5, 0.6) is 0 Å². The second kappa shape index (κ2) is 6.16. The van der Waals surface area contributed by atoms with E-state index >= 15 is 0 Å². The van der Waals surface area contributed by atoms with E-state index < -0.39 is 15.4 Å². The number of rotatable bonds is 6. The maximum Gasteiger partial charge on any atom is 0.373 e. The van der Waals surface area contributed by atoms with Crippen LogP contribution in [0.2, 0.25) is 25.0 Å². The molecule has 0 radical (unpaired) electrons. The molecule has 0 unspecified atom stereocenters. The molecular formula is C10H26BNO3Si. The van der Waals surface area contributed by atoms with Crippen molar-refractivity contribution < 1.29 is 14.6 Å². The van der Waals surface area contributed by atoms with Crippen molar-refractivity contribution in [2.75, 3.05) is 13.2 Å². The van der Waals surface area contributed by atoms with Crippen molar-refractivity contribution in [1.82, 2.24) is 5.23 Å². The number of hydrogen-bond acceptors (Lipinski definition) is 4. The minimum Gasteiger partial charge on any atom is -0.437 e. The number of aliphatic hydroxyl groups is 1. The molecule has 0 rings (SSSR count). The zero-order valence-electron chi connectivity index (χ0n) is 11.4. The molecule has 0 aromatic heterocycles. The predicted octanol–water partition coefficient (Wildman–Crippen LogP) is 1.07. The van der Waals surface area contributed by atoms with Gasteiger partial charge in [0.05, 0.1) is 13.2 Å². The third-order valence-electron chi connectivity index (χ3n) is 3.15. The highest BCUT2D eigenvalue weighted by Gasteiger charge is 2.37. The molecule has 0 saturated carbocycles. The number of nitrogens with one attached hydrogen (secondary N) is 1. The lowest BCUT2D eigenvalue weighted by molar-refractivity contribution is 0.184. The van der Waals surface area contributed by atoms with Crippen LogP contribution in [-0.2, 0) is 4.43 Å². The quantitative estimate of drug-likeness (QED) is 0.614. The summed E-state index contributed by atoms with van der Waals surface area (Å²) in [6.45, 7) is 12.9. The molecule has 6 heteroatoms. The first-order valence-corrected chi connectivity index (χ1v) is 8.70. The Bertz CT molecular complexity index is 207. The molecule has 0 aliphatic rings. The summed E-state index contributed by atoms with van der Waals surface area (Å²) in [5.41, 5.74) is 0. The average Bonchev–Trinajstić information content (AvgIpc) is 2.09. The summed E-state index contributed by atoms with van der Waals surface area (Å²) in [6, 6.07) is -0.200. The Morgan fingerprint density at radius 1 is 1.38 bits per heavy atom. The van der Waals surface area contributed by atoms with Gasteiger partial charge >= 0.3 is 7.05 Å². The van der Waals surface area contributed by atoms with Crippen LogP contribution in [-0.4, -0.2) is 44.8 Å². The summed E-state index contributed by atoms with van der Waals surface area (Å²) in [5, 5.41) is 21.3. The first-order valence-electron chi connectivity index (χ1n) is 5.79. The van der Waals surface area contributed by atoms with Crippen LogP contribution < -0.4 is 5.23 Å². The monoisotopic (exact) mass is 247 g/mol. The van der Waals surface area contributed by atoms with Gasteiger partial charge in [0.15, 0.2) is 8.32 Å². The molecule has 0 heterocycles. The van der Waals surface area contributed by atoms with Crippen LogP contribution in [0.1, 0.15) is 20.8 Å². The molecule has 1 atom stereocenters. The van der Waals surface area contributed by atoms with Crippen molar-refractivity contribution in [2.24, 2.45) is 0 Å². The van der Waals surface area contributed by atoms with Crippen LogP contribution in [0.15, 0.2) is 0 Å². The largest absolute Gasteiger partial charge is 0.437 e. The van der Waals surface area contributed by atoms with Gasteiger partial charge in [0.2, 0.25) is 0 Å². The van der Waals surface area contributed by atoms with Crippen molar-refractivity contribution in [3.05, 3.63) is 0 Å². The first-order chi connectivity index (χ1) is 7.10. The third kappa shape index (κ3) is 5.45. The highest BCUT2D eigenvalue weighted by Crippen LogP contribution is 2.36. The second-order valence-corrected chi connectivity index (χ2v) is 10.6. The van der Waals surface area contributed by atoms with Gasteiger partial charge in [-0.15, -0.1) is 0 Å². The standard InChI is InChI=1S/C10H26BNO3Si/c1-10(2,3)16(5,6)15-8-9(7-13)12-11(4)14/h9,12-14H,7-8H2,1-6H3/t9-/m0/s1. The van der Waals surface area contributed by atoms with Crippen LogP contribution >= 0.6 is 0 Å². The van der Waals surface area contributed by atoms with Crippen molar-refractivity contribution in [3.8, 4) is 0 Å². The van der Waals surface area contributed by atoms with Gasteiger partial charge in [-0.1, -0.05) is 20.8 Å². The van der Waals surface area contributed by atoms with E-state index in [9.17, 15) is 5.02 Å². The van der Waals surface area contributed by atoms with E-state index in [1.54, 1.807) is 6.82 Å². The Labute approximate surface area is 101 Å². The number of hydrogen-bond donors (Lipinski definition) is 3. The van der Waals surface area contributed by atoms with Crippen LogP contribution in [0.4, 0.5) is 0 Å². The first kappa shape index (κ1) is 16.1. The maximum atomic E-state index is 9.18. The summed E-state index contributed by atoms with van der Waals surface area (Å²) < 4.78 is 5.95. The third-order valence-corrected chi connectivity index (χ3v) is 7.65. The zero-order chi connectivity index (χ0) is 13.0. The molecule has 0 saturated heterocycles. The predicted molar refractivity (Wildman–Crippen MR) is 71.0 cm³/mol. The van der Waals surface area contributed by atoms with E-state index in [-0.39, 0.29) is 17.7 Å². The van der Waals surface area contributed by atoms with E-state index in [2.05, 4.69) is 39.1 Å². The Balaban J connectivity index is 4.20. The lowest BCUT2D eigenvalue weighted by Gasteiger charge is -2.37. The summed E-state index contributed by atoms with van der Waals surface area (Å²) >= 11 is 0. The molecule has 0 aromatic rings. The van der Waals surface area contributed by atoms with Gasteiger partial charge in [0, 0.05) is 6.04 Å². The summed E-state index contributed by atoms with van der Waals surface area (Å²) in [5.74, 6) is 0. The van der Waals surface area contributed by atoms with E-state index in [1.165, 1.54) is 0 Å². The van der Waals surface area contributed by atoms with Gasteiger partial charge in [0.25, 0.3) is 0 Å². The Kier molecular flexibility index (Phi) is 6.21. The van der Waals surface area contributed by atoms with E-state index in [0.29, 0.717) is 6.61 Å². The highest BCUT2D eigenvalue weighted by molar-refractivity contribution is 6.74. The molecule has 0 fully saturated rings. The smallest absolute Gasteiger partial charge is 0.373 e. The Morgan fingerprint density at radius 3 is 2.19 bits per heavy atom.